The van der Waals surface area contributed by atoms with Crippen LogP contribution >= 0.6 is 0 Å². The number of nitrogens with zero attached hydrogens (tertiary/aromatic N) is 1. The van der Waals surface area contributed by atoms with Gasteiger partial charge < -0.3 is 14.7 Å². The largest absolute Gasteiger partial charge is 0.458 e. The summed E-state index contributed by atoms with van der Waals surface area (Å²) in [5, 5.41) is 10.3. The summed E-state index contributed by atoms with van der Waals surface area (Å²) in [4.78, 5) is 14.4. The van der Waals surface area contributed by atoms with Gasteiger partial charge in [-0.25, -0.2) is 4.79 Å². The van der Waals surface area contributed by atoms with Crippen LogP contribution in [-0.2, 0) is 9.53 Å². The zero-order valence-electron chi connectivity index (χ0n) is 20.8. The van der Waals surface area contributed by atoms with Crippen molar-refractivity contribution in [2.75, 3.05) is 14.1 Å². The Kier molecular flexibility index (Phi) is 5.55. The number of esters is 1. The Labute approximate surface area is 194 Å². The van der Waals surface area contributed by atoms with Crippen LogP contribution in [0.25, 0.3) is 0 Å². The third-order valence-electron chi connectivity index (χ3n) is 10.9. The fourth-order valence-corrected chi connectivity index (χ4v) is 9.04. The van der Waals surface area contributed by atoms with E-state index in [1.165, 1.54) is 32.1 Å². The van der Waals surface area contributed by atoms with Crippen molar-refractivity contribution in [1.82, 2.24) is 4.90 Å². The molecule has 3 fully saturated rings. The zero-order chi connectivity index (χ0) is 22.8. The number of carbonyl (C=O) groups excluding carboxylic acids is 1. The van der Waals surface area contributed by atoms with Crippen molar-refractivity contribution >= 4 is 5.97 Å². The predicted octanol–water partition coefficient (Wildman–Crippen LogP) is 5.32. The lowest BCUT2D eigenvalue weighted by Crippen LogP contribution is -2.51. The standard InChI is InChI=1S/C28H43NO3/c1-17(25-15-19(29(4)5)16-26(31)32-25)22-8-9-23-21-7-6-18-14-20(30)10-12-27(18,2)24(21)11-13-28(22,23)3/h6,16-17,20-25,30H,7-15H2,1-5H3/t17-,20-,21-,22+,23-,24-,25+,27-,28+/m0/s1. The highest BCUT2D eigenvalue weighted by molar-refractivity contribution is 5.83. The molecule has 0 aromatic rings. The summed E-state index contributed by atoms with van der Waals surface area (Å²) >= 11 is 0. The smallest absolute Gasteiger partial charge is 0.332 e. The number of allylic oxidation sites excluding steroid dienone is 1. The molecule has 0 aromatic carbocycles. The molecule has 4 aliphatic carbocycles. The minimum atomic E-state index is -0.169. The summed E-state index contributed by atoms with van der Waals surface area (Å²) in [6.07, 6.45) is 14.3. The molecule has 0 spiro atoms. The summed E-state index contributed by atoms with van der Waals surface area (Å²) in [7, 11) is 4.05. The predicted molar refractivity (Wildman–Crippen MR) is 127 cm³/mol. The lowest BCUT2D eigenvalue weighted by atomic mass is 9.47. The molecule has 0 unspecified atom stereocenters. The van der Waals surface area contributed by atoms with Gasteiger partial charge in [-0.2, -0.15) is 0 Å². The van der Waals surface area contributed by atoms with E-state index in [0.29, 0.717) is 22.7 Å². The molecule has 32 heavy (non-hydrogen) atoms. The van der Waals surface area contributed by atoms with Crippen molar-refractivity contribution in [3.8, 4) is 0 Å². The molecule has 1 heterocycles. The highest BCUT2D eigenvalue weighted by Crippen LogP contribution is 2.67. The van der Waals surface area contributed by atoms with Crippen LogP contribution in [-0.4, -0.2) is 42.3 Å². The molecule has 4 heteroatoms. The number of hydrogen-bond acceptors (Lipinski definition) is 4. The highest BCUT2D eigenvalue weighted by atomic mass is 16.5. The molecule has 0 bridgehead atoms. The van der Waals surface area contributed by atoms with Crippen molar-refractivity contribution in [2.45, 2.75) is 90.8 Å². The maximum absolute atomic E-state index is 12.3. The fourth-order valence-electron chi connectivity index (χ4n) is 9.04. The van der Waals surface area contributed by atoms with Gasteiger partial charge in [0, 0.05) is 32.3 Å². The van der Waals surface area contributed by atoms with Crippen LogP contribution in [0.2, 0.25) is 0 Å². The Morgan fingerprint density at radius 1 is 1.09 bits per heavy atom. The van der Waals surface area contributed by atoms with Crippen LogP contribution in [0.15, 0.2) is 23.4 Å². The molecule has 5 aliphatic rings. The van der Waals surface area contributed by atoms with E-state index in [-0.39, 0.29) is 18.2 Å². The van der Waals surface area contributed by atoms with Gasteiger partial charge in [0.1, 0.15) is 6.10 Å². The Morgan fingerprint density at radius 3 is 2.62 bits per heavy atom. The number of ether oxygens (including phenoxy) is 1. The first-order valence-corrected chi connectivity index (χ1v) is 13.1. The molecule has 9 atom stereocenters. The molecule has 178 valence electrons. The average Bonchev–Trinajstić information content (AvgIpc) is 3.10. The highest BCUT2D eigenvalue weighted by Gasteiger charge is 2.59. The number of carbonyl (C=O) groups is 1. The molecule has 1 N–H and O–H groups in total. The van der Waals surface area contributed by atoms with Crippen molar-refractivity contribution in [1.29, 1.82) is 0 Å². The molecule has 4 nitrogen and oxygen atoms in total. The van der Waals surface area contributed by atoms with E-state index >= 15 is 0 Å². The van der Waals surface area contributed by atoms with Gasteiger partial charge >= 0.3 is 5.97 Å². The molecule has 0 radical (unpaired) electrons. The van der Waals surface area contributed by atoms with Crippen LogP contribution in [0.5, 0.6) is 0 Å². The zero-order valence-corrected chi connectivity index (χ0v) is 20.8. The quantitative estimate of drug-likeness (QED) is 0.475. The minimum absolute atomic E-state index is 0.00148. The maximum Gasteiger partial charge on any atom is 0.332 e. The third-order valence-corrected chi connectivity index (χ3v) is 10.9. The average molecular weight is 442 g/mol. The van der Waals surface area contributed by atoms with Crippen LogP contribution in [0.4, 0.5) is 0 Å². The first-order valence-electron chi connectivity index (χ1n) is 13.1. The van der Waals surface area contributed by atoms with Gasteiger partial charge in [-0.1, -0.05) is 32.4 Å². The van der Waals surface area contributed by atoms with Crippen molar-refractivity contribution in [2.24, 2.45) is 40.4 Å². The van der Waals surface area contributed by atoms with E-state index in [4.69, 9.17) is 4.74 Å². The van der Waals surface area contributed by atoms with E-state index in [9.17, 15) is 9.90 Å². The second-order valence-corrected chi connectivity index (χ2v) is 12.5. The van der Waals surface area contributed by atoms with Gasteiger partial charge in [0.15, 0.2) is 0 Å². The van der Waals surface area contributed by atoms with E-state index < -0.39 is 0 Å². The first kappa shape index (κ1) is 22.5. The fraction of sp³-hybridized carbons (Fsp3) is 0.821. The molecule has 0 aromatic heterocycles. The van der Waals surface area contributed by atoms with Gasteiger partial charge in [-0.15, -0.1) is 0 Å². The summed E-state index contributed by atoms with van der Waals surface area (Å²) in [6, 6.07) is 0. The Morgan fingerprint density at radius 2 is 1.88 bits per heavy atom. The van der Waals surface area contributed by atoms with Crippen LogP contribution in [0.3, 0.4) is 0 Å². The number of aliphatic hydroxyl groups is 1. The van der Waals surface area contributed by atoms with Crippen molar-refractivity contribution in [3.63, 3.8) is 0 Å². The topological polar surface area (TPSA) is 49.8 Å². The SMILES string of the molecule is C[C@@H]([C@H]1CC[C@H]2[C@@H]3CC=C4C[C@@H](O)CC[C@]4(C)[C@H]3CC[C@]12C)[C@H]1CC(N(C)C)=CC(=O)O1. The van der Waals surface area contributed by atoms with Gasteiger partial charge in [0.25, 0.3) is 0 Å². The van der Waals surface area contributed by atoms with Crippen LogP contribution < -0.4 is 0 Å². The molecule has 3 saturated carbocycles. The van der Waals surface area contributed by atoms with E-state index in [2.05, 4.69) is 31.7 Å². The maximum atomic E-state index is 12.3. The second kappa shape index (κ2) is 7.89. The number of cyclic esters (lactones) is 1. The first-order chi connectivity index (χ1) is 15.1. The Balaban J connectivity index is 1.36. The van der Waals surface area contributed by atoms with Crippen LogP contribution in [0, 0.1) is 40.4 Å². The lowest BCUT2D eigenvalue weighted by molar-refractivity contribution is -0.150. The number of fused-ring (bicyclic) bond motifs is 5. The third kappa shape index (κ3) is 3.38. The van der Waals surface area contributed by atoms with Crippen molar-refractivity contribution < 1.29 is 14.6 Å². The van der Waals surface area contributed by atoms with E-state index in [0.717, 1.165) is 49.1 Å². The van der Waals surface area contributed by atoms with E-state index in [1.807, 2.05) is 14.1 Å². The second-order valence-electron chi connectivity index (χ2n) is 12.5. The Hall–Kier alpha value is -1.29. The summed E-state index contributed by atoms with van der Waals surface area (Å²) in [5.41, 5.74) is 3.31. The summed E-state index contributed by atoms with van der Waals surface area (Å²) < 4.78 is 5.89. The van der Waals surface area contributed by atoms with Gasteiger partial charge in [0.2, 0.25) is 0 Å². The summed E-state index contributed by atoms with van der Waals surface area (Å²) in [6.45, 7) is 7.43. The molecule has 0 saturated heterocycles. The van der Waals surface area contributed by atoms with Gasteiger partial charge in [-0.05, 0) is 91.8 Å². The monoisotopic (exact) mass is 441 g/mol. The number of rotatable bonds is 3. The molecule has 1 aliphatic heterocycles. The Bertz CT molecular complexity index is 831. The van der Waals surface area contributed by atoms with Crippen molar-refractivity contribution in [3.05, 3.63) is 23.4 Å². The molecular formula is C28H43NO3. The summed E-state index contributed by atoms with van der Waals surface area (Å²) in [5.74, 6) is 3.18. The van der Waals surface area contributed by atoms with Gasteiger partial charge in [0.05, 0.1) is 6.10 Å². The van der Waals surface area contributed by atoms with E-state index in [1.54, 1.807) is 11.6 Å². The number of hydrogen-bond donors (Lipinski definition) is 1. The molecule has 5 rings (SSSR count). The number of aliphatic hydroxyl groups excluding tert-OH is 1. The minimum Gasteiger partial charge on any atom is -0.458 e. The van der Waals surface area contributed by atoms with Gasteiger partial charge in [-0.3, -0.25) is 0 Å². The molecular weight excluding hydrogens is 398 g/mol. The normalized spacial score (nSPS) is 46.8. The van der Waals surface area contributed by atoms with Crippen LogP contribution in [0.1, 0.15) is 78.6 Å². The lowest BCUT2D eigenvalue weighted by Gasteiger charge is -2.58. The molecule has 0 amide bonds.